The molecule has 0 radical (unpaired) electrons. The fourth-order valence-electron chi connectivity index (χ4n) is 4.05. The number of furan rings is 1. The smallest absolute Gasteiger partial charge is 0.272 e. The second kappa shape index (κ2) is 5.99. The van der Waals surface area contributed by atoms with Gasteiger partial charge in [-0.15, -0.1) is 0 Å². The summed E-state index contributed by atoms with van der Waals surface area (Å²) < 4.78 is 30.8. The topological polar surface area (TPSA) is 108 Å². The maximum atomic E-state index is 12.5. The molecule has 2 aliphatic rings. The van der Waals surface area contributed by atoms with Gasteiger partial charge in [0.15, 0.2) is 11.5 Å². The lowest BCUT2D eigenvalue weighted by atomic mass is 9.99. The Bertz CT molecular complexity index is 860. The number of fused-ring (bicyclic) bond motifs is 2. The van der Waals surface area contributed by atoms with Gasteiger partial charge in [-0.25, -0.2) is 8.42 Å². The molecular weight excluding hydrogens is 344 g/mol. The number of carbonyl (C=O) groups excluding carboxylic acids is 1. The number of sulfonamides is 1. The molecule has 2 atom stereocenters. The van der Waals surface area contributed by atoms with E-state index in [2.05, 4.69) is 15.5 Å². The Morgan fingerprint density at radius 2 is 2.08 bits per heavy atom. The van der Waals surface area contributed by atoms with E-state index in [1.807, 2.05) is 0 Å². The minimum Gasteiger partial charge on any atom is -0.463 e. The van der Waals surface area contributed by atoms with Gasteiger partial charge < -0.3 is 9.73 Å². The number of piperidine rings is 1. The number of H-pyrrole nitrogens is 1. The average Bonchev–Trinajstić information content (AvgIpc) is 3.25. The average molecular weight is 364 g/mol. The summed E-state index contributed by atoms with van der Waals surface area (Å²) >= 11 is 0. The SMILES string of the molecule is CS(=O)(=O)N1[C@H]2CC[C@H]1CC(NC(=O)c1cc(-c3ccco3)[nH]n1)C2. The van der Waals surface area contributed by atoms with E-state index in [1.54, 1.807) is 28.8 Å². The van der Waals surface area contributed by atoms with Crippen LogP contribution in [0.2, 0.25) is 0 Å². The molecule has 0 spiro atoms. The van der Waals surface area contributed by atoms with Gasteiger partial charge in [-0.05, 0) is 37.8 Å². The van der Waals surface area contributed by atoms with Crippen LogP contribution in [0.25, 0.3) is 11.5 Å². The van der Waals surface area contributed by atoms with Crippen molar-refractivity contribution in [3.8, 4) is 11.5 Å². The lowest BCUT2D eigenvalue weighted by Crippen LogP contribution is -2.52. The molecule has 2 aromatic rings. The van der Waals surface area contributed by atoms with Crippen molar-refractivity contribution in [2.75, 3.05) is 6.26 Å². The number of rotatable bonds is 4. The van der Waals surface area contributed by atoms with E-state index in [-0.39, 0.29) is 24.0 Å². The number of carbonyl (C=O) groups is 1. The molecule has 0 aliphatic carbocycles. The van der Waals surface area contributed by atoms with E-state index in [9.17, 15) is 13.2 Å². The van der Waals surface area contributed by atoms with Crippen LogP contribution in [0.15, 0.2) is 28.9 Å². The molecule has 0 unspecified atom stereocenters. The standard InChI is InChI=1S/C16H20N4O4S/c1-25(22,23)20-11-4-5-12(20)8-10(7-11)17-16(21)14-9-13(18-19-14)15-3-2-6-24-15/h2-3,6,9-12H,4-5,7-8H2,1H3,(H,17,21)(H,18,19)/t11-,12-/m0/s1. The third kappa shape index (κ3) is 3.09. The van der Waals surface area contributed by atoms with Crippen LogP contribution in [0.1, 0.15) is 36.2 Å². The zero-order valence-electron chi connectivity index (χ0n) is 13.8. The monoisotopic (exact) mass is 364 g/mol. The lowest BCUT2D eigenvalue weighted by Gasteiger charge is -2.37. The van der Waals surface area contributed by atoms with Crippen molar-refractivity contribution in [2.45, 2.75) is 43.8 Å². The zero-order chi connectivity index (χ0) is 17.6. The first kappa shape index (κ1) is 16.3. The molecule has 4 heterocycles. The maximum absolute atomic E-state index is 12.5. The summed E-state index contributed by atoms with van der Waals surface area (Å²) in [5, 5.41) is 9.83. The van der Waals surface area contributed by atoms with Gasteiger partial charge in [0, 0.05) is 24.2 Å². The summed E-state index contributed by atoms with van der Waals surface area (Å²) in [5.41, 5.74) is 0.936. The molecule has 0 saturated carbocycles. The molecule has 2 aliphatic heterocycles. The van der Waals surface area contributed by atoms with Gasteiger partial charge in [0.1, 0.15) is 5.69 Å². The number of amides is 1. The molecule has 4 rings (SSSR count). The molecular formula is C16H20N4O4S. The number of hydrogen-bond acceptors (Lipinski definition) is 5. The van der Waals surface area contributed by atoms with E-state index in [1.165, 1.54) is 6.26 Å². The van der Waals surface area contributed by atoms with Crippen molar-refractivity contribution in [3.05, 3.63) is 30.2 Å². The summed E-state index contributed by atoms with van der Waals surface area (Å²) in [6.07, 6.45) is 5.82. The molecule has 2 bridgehead atoms. The van der Waals surface area contributed by atoms with Gasteiger partial charge in [0.05, 0.1) is 12.5 Å². The van der Waals surface area contributed by atoms with Gasteiger partial charge in [0.2, 0.25) is 10.0 Å². The quantitative estimate of drug-likeness (QED) is 0.851. The predicted octanol–water partition coefficient (Wildman–Crippen LogP) is 1.35. The second-order valence-corrected chi connectivity index (χ2v) is 8.65. The minimum atomic E-state index is -3.19. The molecule has 8 nitrogen and oxygen atoms in total. The lowest BCUT2D eigenvalue weighted by molar-refractivity contribution is 0.0904. The molecule has 2 saturated heterocycles. The largest absolute Gasteiger partial charge is 0.463 e. The Kier molecular flexibility index (Phi) is 3.92. The van der Waals surface area contributed by atoms with Crippen molar-refractivity contribution in [1.82, 2.24) is 19.8 Å². The summed E-state index contributed by atoms with van der Waals surface area (Å²) in [6, 6.07) is 5.13. The Hall–Kier alpha value is -2.13. The van der Waals surface area contributed by atoms with Gasteiger partial charge in [-0.1, -0.05) is 0 Å². The van der Waals surface area contributed by atoms with E-state index >= 15 is 0 Å². The van der Waals surface area contributed by atoms with E-state index in [0.29, 0.717) is 30.0 Å². The molecule has 2 aromatic heterocycles. The first-order valence-corrected chi connectivity index (χ1v) is 10.2. The fourth-order valence-corrected chi connectivity index (χ4v) is 5.51. The first-order valence-electron chi connectivity index (χ1n) is 8.30. The first-order chi connectivity index (χ1) is 11.9. The fraction of sp³-hybridized carbons (Fsp3) is 0.500. The van der Waals surface area contributed by atoms with E-state index in [4.69, 9.17) is 4.42 Å². The van der Waals surface area contributed by atoms with Crippen molar-refractivity contribution in [1.29, 1.82) is 0 Å². The van der Waals surface area contributed by atoms with E-state index < -0.39 is 10.0 Å². The van der Waals surface area contributed by atoms with Gasteiger partial charge in [-0.2, -0.15) is 9.40 Å². The van der Waals surface area contributed by atoms with Crippen LogP contribution in [0, 0.1) is 0 Å². The molecule has 9 heteroatoms. The van der Waals surface area contributed by atoms with Crippen molar-refractivity contribution < 1.29 is 17.6 Å². The van der Waals surface area contributed by atoms with Gasteiger partial charge in [0.25, 0.3) is 5.91 Å². The molecule has 134 valence electrons. The summed E-state index contributed by atoms with van der Waals surface area (Å²) in [4.78, 5) is 12.5. The van der Waals surface area contributed by atoms with Crippen LogP contribution in [0.4, 0.5) is 0 Å². The number of nitrogens with one attached hydrogen (secondary N) is 2. The number of nitrogens with zero attached hydrogens (tertiary/aromatic N) is 2. The van der Waals surface area contributed by atoms with Crippen molar-refractivity contribution in [3.63, 3.8) is 0 Å². The highest BCUT2D eigenvalue weighted by atomic mass is 32.2. The molecule has 2 N–H and O–H groups in total. The Morgan fingerprint density at radius 3 is 2.68 bits per heavy atom. The third-order valence-corrected chi connectivity index (χ3v) is 6.34. The van der Waals surface area contributed by atoms with Gasteiger partial charge in [-0.3, -0.25) is 9.89 Å². The molecule has 2 fully saturated rings. The summed E-state index contributed by atoms with van der Waals surface area (Å²) in [7, 11) is -3.19. The highest BCUT2D eigenvalue weighted by Crippen LogP contribution is 2.37. The maximum Gasteiger partial charge on any atom is 0.272 e. The highest BCUT2D eigenvalue weighted by molar-refractivity contribution is 7.88. The number of aromatic nitrogens is 2. The van der Waals surface area contributed by atoms with Crippen molar-refractivity contribution in [2.24, 2.45) is 0 Å². The third-order valence-electron chi connectivity index (χ3n) is 4.98. The number of hydrogen-bond donors (Lipinski definition) is 2. The second-order valence-electron chi connectivity index (χ2n) is 6.76. The Balaban J connectivity index is 1.43. The van der Waals surface area contributed by atoms with Crippen molar-refractivity contribution >= 4 is 15.9 Å². The summed E-state index contributed by atoms with van der Waals surface area (Å²) in [6.45, 7) is 0. The number of aromatic amines is 1. The molecule has 0 aromatic carbocycles. The van der Waals surface area contributed by atoms with Crippen LogP contribution < -0.4 is 5.32 Å². The van der Waals surface area contributed by atoms with Crippen LogP contribution in [-0.2, 0) is 10.0 Å². The van der Waals surface area contributed by atoms with E-state index in [0.717, 1.165) is 12.8 Å². The highest BCUT2D eigenvalue weighted by Gasteiger charge is 2.45. The van der Waals surface area contributed by atoms with Crippen LogP contribution in [-0.4, -0.2) is 53.2 Å². The van der Waals surface area contributed by atoms with Crippen LogP contribution in [0.3, 0.4) is 0 Å². The molecule has 1 amide bonds. The van der Waals surface area contributed by atoms with Gasteiger partial charge >= 0.3 is 0 Å². The van der Waals surface area contributed by atoms with Crippen LogP contribution >= 0.6 is 0 Å². The molecule has 25 heavy (non-hydrogen) atoms. The normalized spacial score (nSPS) is 26.7. The Morgan fingerprint density at radius 1 is 1.36 bits per heavy atom. The zero-order valence-corrected chi connectivity index (χ0v) is 14.6. The summed E-state index contributed by atoms with van der Waals surface area (Å²) in [5.74, 6) is 0.359. The Labute approximate surface area is 145 Å². The minimum absolute atomic E-state index is 0.0167. The van der Waals surface area contributed by atoms with Crippen LogP contribution in [0.5, 0.6) is 0 Å². The predicted molar refractivity (Wildman–Crippen MR) is 90.3 cm³/mol.